The lowest BCUT2D eigenvalue weighted by Gasteiger charge is -2.31. The van der Waals surface area contributed by atoms with Crippen LogP contribution in [0.3, 0.4) is 0 Å². The molecule has 0 aromatic carbocycles. The number of pyridine rings is 1. The average Bonchev–Trinajstić information content (AvgIpc) is 2.62. The molecule has 0 radical (unpaired) electrons. The Morgan fingerprint density at radius 1 is 1.31 bits per heavy atom. The highest BCUT2D eigenvalue weighted by Gasteiger charge is 2.24. The summed E-state index contributed by atoms with van der Waals surface area (Å²) < 4.78 is 10.4. The fraction of sp³-hybridized carbons (Fsp3) is 0.611. The number of likely N-dealkylation sites (tertiary alicyclic amines) is 1. The number of carbonyl (C=O) groups is 2. The zero-order chi connectivity index (χ0) is 19.1. The minimum absolute atomic E-state index is 0.0438. The van der Waals surface area contributed by atoms with Gasteiger partial charge in [-0.05, 0) is 33.6 Å². The van der Waals surface area contributed by atoms with Gasteiger partial charge in [0.15, 0.2) is 0 Å². The number of rotatable bonds is 5. The summed E-state index contributed by atoms with van der Waals surface area (Å²) in [5.74, 6) is 0.795. The first-order chi connectivity index (χ1) is 12.5. The molecule has 8 heteroatoms. The lowest BCUT2D eigenvalue weighted by molar-refractivity contribution is 0.0957. The van der Waals surface area contributed by atoms with E-state index in [0.717, 1.165) is 22.6 Å². The summed E-state index contributed by atoms with van der Waals surface area (Å²) in [7, 11) is 1.63. The number of methoxy groups -OCH3 is 1. The number of carbonyl (C=O) groups excluding carboxylic acids is 2. The van der Waals surface area contributed by atoms with Crippen LogP contribution in [-0.2, 0) is 11.3 Å². The fourth-order valence-electron chi connectivity index (χ4n) is 3.07. The second-order valence-corrected chi connectivity index (χ2v) is 6.33. The van der Waals surface area contributed by atoms with E-state index >= 15 is 0 Å². The Labute approximate surface area is 154 Å². The number of amides is 3. The van der Waals surface area contributed by atoms with Crippen molar-refractivity contribution in [2.24, 2.45) is 0 Å². The summed E-state index contributed by atoms with van der Waals surface area (Å²) in [6.07, 6.45) is 2.88. The zero-order valence-corrected chi connectivity index (χ0v) is 15.9. The first-order valence-corrected chi connectivity index (χ1v) is 8.91. The minimum Gasteiger partial charge on any atom is -0.496 e. The van der Waals surface area contributed by atoms with Crippen molar-refractivity contribution in [3.05, 3.63) is 23.0 Å². The normalized spacial score (nSPS) is 14.7. The Balaban J connectivity index is 1.79. The van der Waals surface area contributed by atoms with Crippen LogP contribution < -0.4 is 15.4 Å². The summed E-state index contributed by atoms with van der Waals surface area (Å²) in [5.41, 5.74) is 2.67. The van der Waals surface area contributed by atoms with Crippen LogP contribution in [0, 0.1) is 13.8 Å². The largest absolute Gasteiger partial charge is 0.496 e. The number of piperidine rings is 1. The molecule has 26 heavy (non-hydrogen) atoms. The van der Waals surface area contributed by atoms with Gasteiger partial charge in [0.2, 0.25) is 0 Å². The van der Waals surface area contributed by atoms with Crippen molar-refractivity contribution in [2.75, 3.05) is 26.8 Å². The standard InChI is InChI=1S/C18H28N4O4/c1-5-26-18(24)22-8-6-14(7-9-22)21-17(23)20-11-15-13(3)16(25-4)12(2)10-19-15/h10,14H,5-9,11H2,1-4H3,(H2,20,21,23). The maximum absolute atomic E-state index is 12.1. The predicted octanol–water partition coefficient (Wildman–Crippen LogP) is 2.13. The number of hydrogen-bond acceptors (Lipinski definition) is 5. The second-order valence-electron chi connectivity index (χ2n) is 6.33. The number of aromatic nitrogens is 1. The third-order valence-electron chi connectivity index (χ3n) is 4.52. The molecule has 1 aromatic rings. The number of nitrogens with one attached hydrogen (secondary N) is 2. The summed E-state index contributed by atoms with van der Waals surface area (Å²) in [6.45, 7) is 7.52. The van der Waals surface area contributed by atoms with E-state index in [4.69, 9.17) is 9.47 Å². The molecule has 0 atom stereocenters. The molecule has 0 saturated carbocycles. The van der Waals surface area contributed by atoms with Crippen molar-refractivity contribution in [2.45, 2.75) is 46.2 Å². The first kappa shape index (κ1) is 19.8. The van der Waals surface area contributed by atoms with Gasteiger partial charge < -0.3 is 25.0 Å². The van der Waals surface area contributed by atoms with E-state index in [1.165, 1.54) is 0 Å². The maximum atomic E-state index is 12.1. The van der Waals surface area contributed by atoms with Crippen molar-refractivity contribution in [3.63, 3.8) is 0 Å². The molecule has 1 aliphatic rings. The molecule has 0 bridgehead atoms. The van der Waals surface area contributed by atoms with Crippen LogP contribution in [-0.4, -0.2) is 54.9 Å². The molecule has 0 spiro atoms. The number of nitrogens with zero attached hydrogens (tertiary/aromatic N) is 2. The van der Waals surface area contributed by atoms with Gasteiger partial charge in [0, 0.05) is 36.5 Å². The number of aryl methyl sites for hydroxylation is 1. The molecule has 2 heterocycles. The Bertz CT molecular complexity index is 642. The minimum atomic E-state index is -0.287. The van der Waals surface area contributed by atoms with Gasteiger partial charge in [-0.2, -0.15) is 0 Å². The van der Waals surface area contributed by atoms with E-state index in [2.05, 4.69) is 15.6 Å². The highest BCUT2D eigenvalue weighted by atomic mass is 16.6. The molecular formula is C18H28N4O4. The van der Waals surface area contributed by atoms with E-state index in [-0.39, 0.29) is 18.2 Å². The molecule has 2 N–H and O–H groups in total. The van der Waals surface area contributed by atoms with Gasteiger partial charge in [0.05, 0.1) is 26.0 Å². The molecule has 2 rings (SSSR count). The van der Waals surface area contributed by atoms with Crippen molar-refractivity contribution in [1.82, 2.24) is 20.5 Å². The van der Waals surface area contributed by atoms with Crippen molar-refractivity contribution >= 4 is 12.1 Å². The molecule has 8 nitrogen and oxygen atoms in total. The third kappa shape index (κ3) is 5.00. The zero-order valence-electron chi connectivity index (χ0n) is 15.9. The van der Waals surface area contributed by atoms with Crippen molar-refractivity contribution < 1.29 is 19.1 Å². The summed E-state index contributed by atoms with van der Waals surface area (Å²) >= 11 is 0. The second kappa shape index (κ2) is 9.26. The van der Waals surface area contributed by atoms with E-state index in [1.54, 1.807) is 25.1 Å². The highest BCUT2D eigenvalue weighted by molar-refractivity contribution is 5.74. The van der Waals surface area contributed by atoms with E-state index in [9.17, 15) is 9.59 Å². The van der Waals surface area contributed by atoms with Gasteiger partial charge in [0.1, 0.15) is 5.75 Å². The molecule has 1 saturated heterocycles. The molecule has 0 unspecified atom stereocenters. The Kier molecular flexibility index (Phi) is 7.06. The van der Waals surface area contributed by atoms with Crippen molar-refractivity contribution in [1.29, 1.82) is 0 Å². The van der Waals surface area contributed by atoms with Gasteiger partial charge in [-0.25, -0.2) is 9.59 Å². The topological polar surface area (TPSA) is 92.8 Å². The smallest absolute Gasteiger partial charge is 0.409 e. The molecule has 144 valence electrons. The third-order valence-corrected chi connectivity index (χ3v) is 4.52. The molecular weight excluding hydrogens is 336 g/mol. The van der Waals surface area contributed by atoms with Crippen LogP contribution in [0.2, 0.25) is 0 Å². The highest BCUT2D eigenvalue weighted by Crippen LogP contribution is 2.23. The van der Waals surface area contributed by atoms with Crippen molar-refractivity contribution in [3.8, 4) is 5.75 Å². The predicted molar refractivity (Wildman–Crippen MR) is 97.3 cm³/mol. The van der Waals surface area contributed by atoms with Crippen LogP contribution in [0.4, 0.5) is 9.59 Å². The SMILES string of the molecule is CCOC(=O)N1CCC(NC(=O)NCc2ncc(C)c(OC)c2C)CC1. The Morgan fingerprint density at radius 2 is 2.00 bits per heavy atom. The maximum Gasteiger partial charge on any atom is 0.409 e. The monoisotopic (exact) mass is 364 g/mol. The Hall–Kier alpha value is -2.51. The number of ether oxygens (including phenoxy) is 2. The average molecular weight is 364 g/mol. The van der Waals surface area contributed by atoms with Crippen LogP contribution in [0.15, 0.2) is 6.20 Å². The lowest BCUT2D eigenvalue weighted by Crippen LogP contribution is -2.49. The molecule has 1 fully saturated rings. The van der Waals surface area contributed by atoms with Gasteiger partial charge in [0.25, 0.3) is 0 Å². The van der Waals surface area contributed by atoms with Gasteiger partial charge in [-0.3, -0.25) is 4.98 Å². The fourth-order valence-corrected chi connectivity index (χ4v) is 3.07. The summed E-state index contributed by atoms with van der Waals surface area (Å²) in [5, 5.41) is 5.79. The Morgan fingerprint density at radius 3 is 2.62 bits per heavy atom. The van der Waals surface area contributed by atoms with Crippen LogP contribution in [0.5, 0.6) is 5.75 Å². The number of hydrogen-bond donors (Lipinski definition) is 2. The van der Waals surface area contributed by atoms with E-state index < -0.39 is 0 Å². The van der Waals surface area contributed by atoms with Gasteiger partial charge >= 0.3 is 12.1 Å². The molecule has 1 aliphatic heterocycles. The number of urea groups is 1. The van der Waals surface area contributed by atoms with E-state index in [1.807, 2.05) is 13.8 Å². The van der Waals surface area contributed by atoms with Gasteiger partial charge in [-0.15, -0.1) is 0 Å². The van der Waals surface area contributed by atoms with Crippen LogP contribution in [0.25, 0.3) is 0 Å². The van der Waals surface area contributed by atoms with Gasteiger partial charge in [-0.1, -0.05) is 0 Å². The molecule has 1 aromatic heterocycles. The molecule has 0 aliphatic carbocycles. The van der Waals surface area contributed by atoms with E-state index in [0.29, 0.717) is 39.1 Å². The lowest BCUT2D eigenvalue weighted by atomic mass is 10.1. The summed E-state index contributed by atoms with van der Waals surface area (Å²) in [6, 6.07) is -0.192. The van der Waals surface area contributed by atoms with Crippen LogP contribution in [0.1, 0.15) is 36.6 Å². The summed E-state index contributed by atoms with van der Waals surface area (Å²) in [4.78, 5) is 29.9. The van der Waals surface area contributed by atoms with Crippen LogP contribution >= 0.6 is 0 Å². The first-order valence-electron chi connectivity index (χ1n) is 8.91. The molecule has 3 amide bonds. The quantitative estimate of drug-likeness (QED) is 0.835.